The summed E-state index contributed by atoms with van der Waals surface area (Å²) in [6, 6.07) is 0.356. The molecular weight excluding hydrogens is 256 g/mol. The third-order valence-electron chi connectivity index (χ3n) is 4.04. The second-order valence-electron chi connectivity index (χ2n) is 7.44. The van der Waals surface area contributed by atoms with Crippen molar-refractivity contribution >= 4 is 6.09 Å². The Morgan fingerprint density at radius 1 is 1.35 bits per heavy atom. The summed E-state index contributed by atoms with van der Waals surface area (Å²) in [6.07, 6.45) is 2.64. The van der Waals surface area contributed by atoms with Gasteiger partial charge in [0.2, 0.25) is 0 Å². The monoisotopic (exact) mass is 284 g/mol. The Balaban J connectivity index is 1.87. The third-order valence-corrected chi connectivity index (χ3v) is 4.04. The quantitative estimate of drug-likeness (QED) is 0.798. The van der Waals surface area contributed by atoms with Gasteiger partial charge < -0.3 is 14.7 Å². The minimum absolute atomic E-state index is 0.219. The average molecular weight is 284 g/mol. The molecule has 1 N–H and O–H groups in total. The zero-order chi connectivity index (χ0) is 15.0. The summed E-state index contributed by atoms with van der Waals surface area (Å²) in [5, 5.41) is 10.2. The number of rotatable bonds is 1. The van der Waals surface area contributed by atoms with Crippen LogP contribution in [-0.2, 0) is 4.74 Å². The number of aliphatic hydroxyl groups is 1. The molecule has 2 atom stereocenters. The van der Waals surface area contributed by atoms with Gasteiger partial charge in [0, 0.05) is 25.7 Å². The van der Waals surface area contributed by atoms with E-state index < -0.39 is 11.2 Å². The Kier molecular flexibility index (Phi) is 4.30. The summed E-state index contributed by atoms with van der Waals surface area (Å²) < 4.78 is 5.42. The van der Waals surface area contributed by atoms with Crippen LogP contribution < -0.4 is 0 Å². The first kappa shape index (κ1) is 15.6. The van der Waals surface area contributed by atoms with Gasteiger partial charge in [-0.25, -0.2) is 4.79 Å². The predicted octanol–water partition coefficient (Wildman–Crippen LogP) is 1.84. The number of β-amino-alcohol motifs (C(OH)–C–C–N with tert-alkyl or cyclic N) is 1. The van der Waals surface area contributed by atoms with Crippen LogP contribution in [0.15, 0.2) is 0 Å². The van der Waals surface area contributed by atoms with E-state index in [1.54, 1.807) is 4.90 Å². The van der Waals surface area contributed by atoms with Crippen molar-refractivity contribution in [1.82, 2.24) is 9.80 Å². The van der Waals surface area contributed by atoms with Gasteiger partial charge in [-0.3, -0.25) is 4.90 Å². The number of hydrogen-bond acceptors (Lipinski definition) is 4. The highest BCUT2D eigenvalue weighted by molar-refractivity contribution is 5.68. The summed E-state index contributed by atoms with van der Waals surface area (Å²) in [4.78, 5) is 16.2. The third kappa shape index (κ3) is 4.09. The number of carbonyl (C=O) groups excluding carboxylic acids is 1. The predicted molar refractivity (Wildman–Crippen MR) is 77.6 cm³/mol. The lowest BCUT2D eigenvalue weighted by molar-refractivity contribution is -0.0289. The van der Waals surface area contributed by atoms with E-state index in [0.29, 0.717) is 19.1 Å². The van der Waals surface area contributed by atoms with Crippen LogP contribution in [0.1, 0.15) is 47.0 Å². The summed E-state index contributed by atoms with van der Waals surface area (Å²) in [5.41, 5.74) is -1.03. The number of piperidine rings is 1. The summed E-state index contributed by atoms with van der Waals surface area (Å²) >= 11 is 0. The first-order chi connectivity index (χ1) is 9.16. The fraction of sp³-hybridized carbons (Fsp3) is 0.933. The van der Waals surface area contributed by atoms with Crippen molar-refractivity contribution in [3.8, 4) is 0 Å². The van der Waals surface area contributed by atoms with E-state index in [2.05, 4.69) is 4.90 Å². The van der Waals surface area contributed by atoms with E-state index in [0.717, 1.165) is 32.4 Å². The van der Waals surface area contributed by atoms with Crippen LogP contribution in [0, 0.1) is 0 Å². The molecule has 0 aromatic rings. The second kappa shape index (κ2) is 5.53. The van der Waals surface area contributed by atoms with Crippen LogP contribution in [0.5, 0.6) is 0 Å². The fourth-order valence-electron chi connectivity index (χ4n) is 3.10. The Morgan fingerprint density at radius 2 is 2.05 bits per heavy atom. The highest BCUT2D eigenvalue weighted by Gasteiger charge is 2.37. The summed E-state index contributed by atoms with van der Waals surface area (Å²) in [5.74, 6) is 0. The normalized spacial score (nSPS) is 32.5. The van der Waals surface area contributed by atoms with Gasteiger partial charge in [0.25, 0.3) is 0 Å². The van der Waals surface area contributed by atoms with Crippen molar-refractivity contribution in [3.63, 3.8) is 0 Å². The lowest BCUT2D eigenvalue weighted by atomic mass is 9.94. The van der Waals surface area contributed by atoms with Gasteiger partial charge in [-0.15, -0.1) is 0 Å². The first-order valence-corrected chi connectivity index (χ1v) is 7.61. The topological polar surface area (TPSA) is 53.0 Å². The van der Waals surface area contributed by atoms with E-state index >= 15 is 0 Å². The number of likely N-dealkylation sites (tertiary alicyclic amines) is 2. The molecule has 0 spiro atoms. The van der Waals surface area contributed by atoms with Crippen LogP contribution in [0.25, 0.3) is 0 Å². The molecule has 0 aliphatic carbocycles. The Bertz CT molecular complexity index is 363. The molecule has 20 heavy (non-hydrogen) atoms. The van der Waals surface area contributed by atoms with Crippen molar-refractivity contribution in [2.75, 3.05) is 26.2 Å². The number of amides is 1. The maximum absolute atomic E-state index is 12.1. The zero-order valence-electron chi connectivity index (χ0n) is 13.2. The lowest BCUT2D eigenvalue weighted by Crippen LogP contribution is -2.51. The molecule has 5 nitrogen and oxygen atoms in total. The van der Waals surface area contributed by atoms with E-state index in [9.17, 15) is 9.90 Å². The van der Waals surface area contributed by atoms with Gasteiger partial charge in [0.05, 0.1) is 5.60 Å². The molecular formula is C15H28N2O3. The molecule has 1 unspecified atom stereocenters. The molecule has 1 amide bonds. The van der Waals surface area contributed by atoms with Gasteiger partial charge in [0.1, 0.15) is 5.60 Å². The summed E-state index contributed by atoms with van der Waals surface area (Å²) in [7, 11) is 0. The number of carbonyl (C=O) groups is 1. The van der Waals surface area contributed by atoms with E-state index in [-0.39, 0.29) is 6.09 Å². The number of hydrogen-bond donors (Lipinski definition) is 1. The minimum atomic E-state index is -0.586. The van der Waals surface area contributed by atoms with Crippen LogP contribution in [-0.4, -0.2) is 64.4 Å². The van der Waals surface area contributed by atoms with Gasteiger partial charge in [-0.2, -0.15) is 0 Å². The van der Waals surface area contributed by atoms with E-state index in [4.69, 9.17) is 4.74 Å². The van der Waals surface area contributed by atoms with E-state index in [1.165, 1.54) is 0 Å². The SMILES string of the molecule is CC1(O)CCCN([C@H]2CCN(C(=O)OC(C)(C)C)C2)C1. The molecule has 0 bridgehead atoms. The molecule has 2 saturated heterocycles. The fourth-order valence-corrected chi connectivity index (χ4v) is 3.10. The molecule has 5 heteroatoms. The van der Waals surface area contributed by atoms with Crippen LogP contribution in [0.4, 0.5) is 4.79 Å². The Labute approximate surface area is 121 Å². The number of nitrogens with zero attached hydrogens (tertiary/aromatic N) is 2. The van der Waals surface area contributed by atoms with Crippen LogP contribution in [0.3, 0.4) is 0 Å². The molecule has 2 rings (SSSR count). The first-order valence-electron chi connectivity index (χ1n) is 7.61. The molecule has 2 heterocycles. The maximum Gasteiger partial charge on any atom is 0.410 e. The highest BCUT2D eigenvalue weighted by atomic mass is 16.6. The van der Waals surface area contributed by atoms with Crippen LogP contribution >= 0.6 is 0 Å². The molecule has 0 saturated carbocycles. The lowest BCUT2D eigenvalue weighted by Gasteiger charge is -2.40. The minimum Gasteiger partial charge on any atom is -0.444 e. The largest absolute Gasteiger partial charge is 0.444 e. The molecule has 2 fully saturated rings. The van der Waals surface area contributed by atoms with Gasteiger partial charge >= 0.3 is 6.09 Å². The molecule has 116 valence electrons. The second-order valence-corrected chi connectivity index (χ2v) is 7.44. The van der Waals surface area contributed by atoms with Crippen molar-refractivity contribution in [2.45, 2.75) is 64.2 Å². The highest BCUT2D eigenvalue weighted by Crippen LogP contribution is 2.26. The number of ether oxygens (including phenoxy) is 1. The van der Waals surface area contributed by atoms with Crippen molar-refractivity contribution < 1.29 is 14.6 Å². The van der Waals surface area contributed by atoms with Crippen molar-refractivity contribution in [3.05, 3.63) is 0 Å². The summed E-state index contributed by atoms with van der Waals surface area (Å²) in [6.45, 7) is 10.8. The molecule has 0 aromatic carbocycles. The van der Waals surface area contributed by atoms with Gasteiger partial charge in [0.15, 0.2) is 0 Å². The Hall–Kier alpha value is -0.810. The Morgan fingerprint density at radius 3 is 2.65 bits per heavy atom. The van der Waals surface area contributed by atoms with Crippen LogP contribution in [0.2, 0.25) is 0 Å². The molecule has 2 aliphatic rings. The average Bonchev–Trinajstić information content (AvgIpc) is 2.74. The smallest absolute Gasteiger partial charge is 0.410 e. The molecule has 0 radical (unpaired) electrons. The maximum atomic E-state index is 12.1. The zero-order valence-corrected chi connectivity index (χ0v) is 13.2. The van der Waals surface area contributed by atoms with Gasteiger partial charge in [-0.05, 0) is 53.5 Å². The molecule has 0 aromatic heterocycles. The van der Waals surface area contributed by atoms with Crippen molar-refractivity contribution in [1.29, 1.82) is 0 Å². The van der Waals surface area contributed by atoms with E-state index in [1.807, 2.05) is 27.7 Å². The molecule has 2 aliphatic heterocycles. The van der Waals surface area contributed by atoms with Crippen molar-refractivity contribution in [2.24, 2.45) is 0 Å². The standard InChI is InChI=1S/C15H28N2O3/c1-14(2,3)20-13(18)16-9-6-12(10-16)17-8-5-7-15(4,19)11-17/h12,19H,5-11H2,1-4H3/t12-,15?/m0/s1. The van der Waals surface area contributed by atoms with Gasteiger partial charge in [-0.1, -0.05) is 0 Å².